The molecule has 0 fully saturated rings. The molecule has 0 bridgehead atoms. The molecule has 1 heterocycles. The van der Waals surface area contributed by atoms with Gasteiger partial charge in [0, 0.05) is 5.56 Å². The number of nitrogens with one attached hydrogen (secondary N) is 1. The lowest BCUT2D eigenvalue weighted by Crippen LogP contribution is -2.54. The van der Waals surface area contributed by atoms with Gasteiger partial charge in [-0.3, -0.25) is 5.73 Å². The summed E-state index contributed by atoms with van der Waals surface area (Å²) in [7, 11) is 0. The standard InChI is InChI=1S/C20H31N3/c1-12(2)15-10-16(13(3)4)19(17(11-15)14(5)6)20(22)18(21)8-7-9-23-20/h7-14,23H,21-22H2,1-6H3. The van der Waals surface area contributed by atoms with Gasteiger partial charge in [0.25, 0.3) is 0 Å². The highest BCUT2D eigenvalue weighted by atomic mass is 15.1. The van der Waals surface area contributed by atoms with Crippen LogP contribution in [0.25, 0.3) is 0 Å². The Kier molecular flexibility index (Phi) is 4.90. The molecule has 1 aromatic carbocycles. The predicted molar refractivity (Wildman–Crippen MR) is 99.1 cm³/mol. The molecule has 1 unspecified atom stereocenters. The third-order valence-corrected chi connectivity index (χ3v) is 4.67. The molecule has 3 heteroatoms. The molecule has 2 rings (SSSR count). The fourth-order valence-corrected chi connectivity index (χ4v) is 3.17. The Labute approximate surface area is 140 Å². The third kappa shape index (κ3) is 3.16. The third-order valence-electron chi connectivity index (χ3n) is 4.67. The van der Waals surface area contributed by atoms with Crippen molar-refractivity contribution in [2.45, 2.75) is 65.0 Å². The Morgan fingerprint density at radius 1 is 0.913 bits per heavy atom. The van der Waals surface area contributed by atoms with Crippen molar-refractivity contribution in [3.8, 4) is 0 Å². The second kappa shape index (κ2) is 6.40. The minimum absolute atomic E-state index is 0.377. The molecule has 0 radical (unpaired) electrons. The molecule has 5 N–H and O–H groups in total. The van der Waals surface area contributed by atoms with Crippen LogP contribution in [0.4, 0.5) is 0 Å². The molecular weight excluding hydrogens is 282 g/mol. The van der Waals surface area contributed by atoms with Crippen molar-refractivity contribution in [2.75, 3.05) is 0 Å². The van der Waals surface area contributed by atoms with E-state index in [1.54, 1.807) is 0 Å². The van der Waals surface area contributed by atoms with E-state index in [-0.39, 0.29) is 0 Å². The van der Waals surface area contributed by atoms with Crippen LogP contribution in [-0.2, 0) is 5.66 Å². The fourth-order valence-electron chi connectivity index (χ4n) is 3.17. The first-order valence-electron chi connectivity index (χ1n) is 8.56. The van der Waals surface area contributed by atoms with Gasteiger partial charge in [-0.1, -0.05) is 53.7 Å². The molecule has 0 amide bonds. The van der Waals surface area contributed by atoms with E-state index in [0.29, 0.717) is 23.5 Å². The number of nitrogens with two attached hydrogens (primary N) is 2. The molecule has 0 saturated heterocycles. The van der Waals surface area contributed by atoms with Crippen molar-refractivity contribution in [3.05, 3.63) is 58.4 Å². The van der Waals surface area contributed by atoms with Gasteiger partial charge in [-0.05, 0) is 52.8 Å². The molecule has 23 heavy (non-hydrogen) atoms. The second-order valence-corrected chi connectivity index (χ2v) is 7.47. The zero-order valence-corrected chi connectivity index (χ0v) is 15.3. The van der Waals surface area contributed by atoms with Gasteiger partial charge in [0.05, 0.1) is 5.70 Å². The highest BCUT2D eigenvalue weighted by Crippen LogP contribution is 2.38. The minimum atomic E-state index is -0.844. The highest BCUT2D eigenvalue weighted by Gasteiger charge is 2.36. The highest BCUT2D eigenvalue weighted by molar-refractivity contribution is 5.51. The van der Waals surface area contributed by atoms with Gasteiger partial charge in [0.1, 0.15) is 0 Å². The van der Waals surface area contributed by atoms with Crippen LogP contribution < -0.4 is 16.8 Å². The average molecular weight is 313 g/mol. The Morgan fingerprint density at radius 2 is 1.43 bits per heavy atom. The number of allylic oxidation sites excluding steroid dienone is 2. The maximum atomic E-state index is 6.77. The number of rotatable bonds is 4. The zero-order chi connectivity index (χ0) is 17.4. The maximum Gasteiger partial charge on any atom is 0.153 e. The van der Waals surface area contributed by atoms with Crippen LogP contribution in [-0.4, -0.2) is 0 Å². The van der Waals surface area contributed by atoms with E-state index >= 15 is 0 Å². The average Bonchev–Trinajstić information content (AvgIpc) is 2.48. The van der Waals surface area contributed by atoms with Crippen LogP contribution in [0.15, 0.2) is 36.2 Å². The van der Waals surface area contributed by atoms with Crippen molar-refractivity contribution < 1.29 is 0 Å². The summed E-state index contributed by atoms with van der Waals surface area (Å²) in [5.41, 5.74) is 17.9. The number of hydrogen-bond donors (Lipinski definition) is 3. The van der Waals surface area contributed by atoms with Gasteiger partial charge in [-0.15, -0.1) is 0 Å². The van der Waals surface area contributed by atoms with Crippen molar-refractivity contribution in [1.82, 2.24) is 5.32 Å². The first kappa shape index (κ1) is 17.6. The summed E-state index contributed by atoms with van der Waals surface area (Å²) in [4.78, 5) is 0. The summed E-state index contributed by atoms with van der Waals surface area (Å²) in [6.07, 6.45) is 5.66. The van der Waals surface area contributed by atoms with E-state index in [9.17, 15) is 0 Å². The van der Waals surface area contributed by atoms with Crippen LogP contribution in [0.5, 0.6) is 0 Å². The lowest BCUT2D eigenvalue weighted by atomic mass is 9.78. The monoisotopic (exact) mass is 313 g/mol. The summed E-state index contributed by atoms with van der Waals surface area (Å²) >= 11 is 0. The van der Waals surface area contributed by atoms with Crippen LogP contribution in [0.1, 0.15) is 81.5 Å². The first-order chi connectivity index (χ1) is 10.7. The van der Waals surface area contributed by atoms with E-state index in [0.717, 1.165) is 5.56 Å². The van der Waals surface area contributed by atoms with Crippen LogP contribution in [0.2, 0.25) is 0 Å². The second-order valence-electron chi connectivity index (χ2n) is 7.47. The quantitative estimate of drug-likeness (QED) is 0.783. The van der Waals surface area contributed by atoms with Crippen molar-refractivity contribution >= 4 is 0 Å². The minimum Gasteiger partial charge on any atom is -0.399 e. The molecule has 0 saturated carbocycles. The van der Waals surface area contributed by atoms with E-state index in [4.69, 9.17) is 11.5 Å². The van der Waals surface area contributed by atoms with Gasteiger partial charge in [0.15, 0.2) is 5.66 Å². The molecule has 1 atom stereocenters. The van der Waals surface area contributed by atoms with E-state index < -0.39 is 5.66 Å². The topological polar surface area (TPSA) is 64.1 Å². The van der Waals surface area contributed by atoms with Gasteiger partial charge < -0.3 is 11.1 Å². The maximum absolute atomic E-state index is 6.77. The summed E-state index contributed by atoms with van der Waals surface area (Å²) in [6.45, 7) is 13.3. The van der Waals surface area contributed by atoms with E-state index in [1.165, 1.54) is 16.7 Å². The number of dihydropyridines is 1. The van der Waals surface area contributed by atoms with Crippen LogP contribution in [0.3, 0.4) is 0 Å². The number of benzene rings is 1. The summed E-state index contributed by atoms with van der Waals surface area (Å²) in [5.74, 6) is 1.24. The summed E-state index contributed by atoms with van der Waals surface area (Å²) in [5, 5.41) is 3.30. The SMILES string of the molecule is CC(C)c1cc(C(C)C)c(C2(N)NC=CC=C2N)c(C(C)C)c1. The summed E-state index contributed by atoms with van der Waals surface area (Å²) < 4.78 is 0. The molecule has 1 aliphatic heterocycles. The first-order valence-corrected chi connectivity index (χ1v) is 8.56. The molecule has 0 aromatic heterocycles. The lowest BCUT2D eigenvalue weighted by molar-refractivity contribution is 0.444. The van der Waals surface area contributed by atoms with Crippen molar-refractivity contribution in [2.24, 2.45) is 11.5 Å². The molecule has 0 spiro atoms. The fraction of sp³-hybridized carbons (Fsp3) is 0.500. The largest absolute Gasteiger partial charge is 0.399 e. The Hall–Kier alpha value is -1.74. The van der Waals surface area contributed by atoms with Gasteiger partial charge in [0.2, 0.25) is 0 Å². The predicted octanol–water partition coefficient (Wildman–Crippen LogP) is 4.13. The smallest absolute Gasteiger partial charge is 0.153 e. The lowest BCUT2D eigenvalue weighted by Gasteiger charge is -2.38. The molecule has 126 valence electrons. The Balaban J connectivity index is 2.80. The normalized spacial score (nSPS) is 21.0. The van der Waals surface area contributed by atoms with Crippen LogP contribution in [0, 0.1) is 0 Å². The Morgan fingerprint density at radius 3 is 1.83 bits per heavy atom. The molecule has 3 nitrogen and oxygen atoms in total. The summed E-state index contributed by atoms with van der Waals surface area (Å²) in [6, 6.07) is 4.61. The molecular formula is C20H31N3. The molecule has 1 aliphatic rings. The van der Waals surface area contributed by atoms with Crippen LogP contribution >= 0.6 is 0 Å². The van der Waals surface area contributed by atoms with Crippen molar-refractivity contribution in [3.63, 3.8) is 0 Å². The molecule has 1 aromatic rings. The van der Waals surface area contributed by atoms with Gasteiger partial charge >= 0.3 is 0 Å². The molecule has 0 aliphatic carbocycles. The van der Waals surface area contributed by atoms with E-state index in [2.05, 4.69) is 59.0 Å². The van der Waals surface area contributed by atoms with E-state index in [1.807, 2.05) is 18.4 Å². The Bertz CT molecular complexity index is 609. The number of hydrogen-bond acceptors (Lipinski definition) is 3. The van der Waals surface area contributed by atoms with Crippen molar-refractivity contribution in [1.29, 1.82) is 0 Å². The van der Waals surface area contributed by atoms with Gasteiger partial charge in [-0.2, -0.15) is 0 Å². The van der Waals surface area contributed by atoms with Gasteiger partial charge in [-0.25, -0.2) is 0 Å². The zero-order valence-electron chi connectivity index (χ0n) is 15.3.